The molecule has 5 nitrogen and oxygen atoms in total. The first-order chi connectivity index (χ1) is 13.1. The predicted molar refractivity (Wildman–Crippen MR) is 110 cm³/mol. The van der Waals surface area contributed by atoms with Crippen molar-refractivity contribution >= 4 is 45.9 Å². The molecule has 0 amide bonds. The fourth-order valence-corrected chi connectivity index (χ4v) is 3.91. The zero-order valence-electron chi connectivity index (χ0n) is 14.2. The van der Waals surface area contributed by atoms with Gasteiger partial charge in [0.05, 0.1) is 18.2 Å². The van der Waals surface area contributed by atoms with Gasteiger partial charge in [-0.15, -0.1) is 5.10 Å². The second-order valence-corrected chi connectivity index (χ2v) is 7.47. The smallest absolute Gasteiger partial charge is 0.209 e. The fraction of sp³-hybridized carbons (Fsp3) is 0.105. The summed E-state index contributed by atoms with van der Waals surface area (Å²) in [5, 5.41) is 9.96. The first-order valence-electron chi connectivity index (χ1n) is 8.07. The Bertz CT molecular complexity index is 1120. The van der Waals surface area contributed by atoms with Crippen LogP contribution in [-0.4, -0.2) is 27.3 Å². The number of ether oxygens (including phenoxy) is 1. The molecule has 0 saturated carbocycles. The van der Waals surface area contributed by atoms with E-state index >= 15 is 0 Å². The van der Waals surface area contributed by atoms with Gasteiger partial charge in [-0.3, -0.25) is 5.10 Å². The lowest BCUT2D eigenvalue weighted by Gasteiger charge is -2.05. The maximum atomic E-state index is 6.32. The number of nitrogens with one attached hydrogen (secondary N) is 1. The summed E-state index contributed by atoms with van der Waals surface area (Å²) in [5.74, 6) is 1.88. The highest BCUT2D eigenvalue weighted by molar-refractivity contribution is 7.98. The van der Waals surface area contributed by atoms with Crippen LogP contribution < -0.4 is 4.74 Å². The molecule has 27 heavy (non-hydrogen) atoms. The molecule has 2 aromatic heterocycles. The SMILES string of the molecule is COc1ccc(Cl)cc1-c1nc(SCc2cc3ccccc3nc2Cl)n[nH]1. The summed E-state index contributed by atoms with van der Waals surface area (Å²) in [6.07, 6.45) is 0. The monoisotopic (exact) mass is 416 g/mol. The summed E-state index contributed by atoms with van der Waals surface area (Å²) in [5.41, 5.74) is 2.58. The van der Waals surface area contributed by atoms with Crippen molar-refractivity contribution in [2.45, 2.75) is 10.9 Å². The van der Waals surface area contributed by atoms with Gasteiger partial charge in [0.25, 0.3) is 0 Å². The average Bonchev–Trinajstić information content (AvgIpc) is 3.15. The number of methoxy groups -OCH3 is 1. The summed E-state index contributed by atoms with van der Waals surface area (Å²) in [6, 6.07) is 15.3. The molecule has 1 N–H and O–H groups in total. The van der Waals surface area contributed by atoms with E-state index in [1.165, 1.54) is 11.8 Å². The molecular weight excluding hydrogens is 403 g/mol. The van der Waals surface area contributed by atoms with E-state index in [4.69, 9.17) is 27.9 Å². The number of hydrogen-bond donors (Lipinski definition) is 1. The maximum Gasteiger partial charge on any atom is 0.209 e. The normalized spacial score (nSPS) is 11.1. The topological polar surface area (TPSA) is 63.7 Å². The third-order valence-corrected chi connectivity index (χ3v) is 5.45. The molecule has 0 aliphatic carbocycles. The zero-order valence-corrected chi connectivity index (χ0v) is 16.6. The fourth-order valence-electron chi connectivity index (χ4n) is 2.68. The minimum Gasteiger partial charge on any atom is -0.496 e. The number of aromatic amines is 1. The number of thioether (sulfide) groups is 1. The lowest BCUT2D eigenvalue weighted by atomic mass is 10.2. The number of rotatable bonds is 5. The Labute approximate surface area is 170 Å². The second kappa shape index (κ2) is 7.76. The van der Waals surface area contributed by atoms with Crippen LogP contribution in [-0.2, 0) is 5.75 Å². The number of para-hydroxylation sites is 1. The summed E-state index contributed by atoms with van der Waals surface area (Å²) >= 11 is 13.9. The van der Waals surface area contributed by atoms with Gasteiger partial charge in [-0.1, -0.05) is 53.2 Å². The molecule has 4 aromatic rings. The van der Waals surface area contributed by atoms with Crippen LogP contribution in [0, 0.1) is 0 Å². The highest BCUT2D eigenvalue weighted by Crippen LogP contribution is 2.32. The molecule has 0 atom stereocenters. The van der Waals surface area contributed by atoms with Gasteiger partial charge < -0.3 is 4.74 Å². The average molecular weight is 417 g/mol. The van der Waals surface area contributed by atoms with Crippen LogP contribution in [0.2, 0.25) is 10.2 Å². The van der Waals surface area contributed by atoms with Crippen molar-refractivity contribution in [3.05, 3.63) is 64.3 Å². The Morgan fingerprint density at radius 1 is 1.07 bits per heavy atom. The third kappa shape index (κ3) is 3.88. The number of pyridine rings is 1. The number of H-pyrrole nitrogens is 1. The number of halogens is 2. The lowest BCUT2D eigenvalue weighted by Crippen LogP contribution is -1.90. The van der Waals surface area contributed by atoms with E-state index in [1.807, 2.05) is 30.3 Å². The van der Waals surface area contributed by atoms with Gasteiger partial charge in [0.2, 0.25) is 5.16 Å². The van der Waals surface area contributed by atoms with Crippen LogP contribution in [0.15, 0.2) is 53.7 Å². The van der Waals surface area contributed by atoms with Crippen LogP contribution in [0.3, 0.4) is 0 Å². The van der Waals surface area contributed by atoms with Crippen molar-refractivity contribution in [2.24, 2.45) is 0 Å². The second-order valence-electron chi connectivity index (χ2n) is 5.73. The number of aromatic nitrogens is 4. The van der Waals surface area contributed by atoms with Crippen LogP contribution >= 0.6 is 35.0 Å². The van der Waals surface area contributed by atoms with Crippen molar-refractivity contribution in [2.75, 3.05) is 7.11 Å². The summed E-state index contributed by atoms with van der Waals surface area (Å²) in [6.45, 7) is 0. The van der Waals surface area contributed by atoms with Crippen molar-refractivity contribution in [3.63, 3.8) is 0 Å². The van der Waals surface area contributed by atoms with E-state index < -0.39 is 0 Å². The van der Waals surface area contributed by atoms with Crippen LogP contribution in [0.4, 0.5) is 0 Å². The van der Waals surface area contributed by atoms with Crippen LogP contribution in [0.1, 0.15) is 5.56 Å². The van der Waals surface area contributed by atoms with Gasteiger partial charge in [0, 0.05) is 21.7 Å². The third-order valence-electron chi connectivity index (χ3n) is 3.99. The van der Waals surface area contributed by atoms with E-state index in [9.17, 15) is 0 Å². The van der Waals surface area contributed by atoms with Gasteiger partial charge in [-0.2, -0.15) is 0 Å². The Balaban J connectivity index is 1.55. The molecule has 0 aliphatic heterocycles. The van der Waals surface area contributed by atoms with Gasteiger partial charge in [0.15, 0.2) is 5.82 Å². The van der Waals surface area contributed by atoms with Crippen molar-refractivity contribution < 1.29 is 4.74 Å². The molecule has 0 saturated heterocycles. The number of hydrogen-bond acceptors (Lipinski definition) is 5. The van der Waals surface area contributed by atoms with Crippen molar-refractivity contribution in [1.82, 2.24) is 20.2 Å². The van der Waals surface area contributed by atoms with Crippen molar-refractivity contribution in [3.8, 4) is 17.1 Å². The van der Waals surface area contributed by atoms with E-state index in [0.29, 0.717) is 32.7 Å². The predicted octanol–water partition coefficient (Wildman–Crippen LogP) is 5.63. The van der Waals surface area contributed by atoms with Gasteiger partial charge in [-0.05, 0) is 30.3 Å². The quantitative estimate of drug-likeness (QED) is 0.337. The van der Waals surface area contributed by atoms with Crippen molar-refractivity contribution in [1.29, 1.82) is 0 Å². The molecular formula is C19H14Cl2N4OS. The molecule has 2 aromatic carbocycles. The molecule has 4 rings (SSSR count). The van der Waals surface area contributed by atoms with E-state index in [-0.39, 0.29) is 0 Å². The lowest BCUT2D eigenvalue weighted by molar-refractivity contribution is 0.416. The Hall–Kier alpha value is -2.28. The molecule has 0 fully saturated rings. The van der Waals surface area contributed by atoms with Gasteiger partial charge in [0.1, 0.15) is 10.9 Å². The number of nitrogens with zero attached hydrogens (tertiary/aromatic N) is 3. The first kappa shape index (κ1) is 18.1. The summed E-state index contributed by atoms with van der Waals surface area (Å²) in [4.78, 5) is 8.98. The molecule has 136 valence electrons. The Morgan fingerprint density at radius 2 is 1.93 bits per heavy atom. The minimum absolute atomic E-state index is 0.494. The Morgan fingerprint density at radius 3 is 2.78 bits per heavy atom. The first-order valence-corrected chi connectivity index (χ1v) is 9.81. The van der Waals surface area contributed by atoms with E-state index in [2.05, 4.69) is 20.2 Å². The molecule has 0 unspecified atom stereocenters. The molecule has 0 bridgehead atoms. The van der Waals surface area contributed by atoms with Gasteiger partial charge in [-0.25, -0.2) is 9.97 Å². The molecule has 2 heterocycles. The minimum atomic E-state index is 0.494. The molecule has 8 heteroatoms. The maximum absolute atomic E-state index is 6.32. The molecule has 0 spiro atoms. The van der Waals surface area contributed by atoms with Crippen LogP contribution in [0.5, 0.6) is 5.75 Å². The largest absolute Gasteiger partial charge is 0.496 e. The number of benzene rings is 2. The highest BCUT2D eigenvalue weighted by Gasteiger charge is 2.13. The standard InChI is InChI=1S/C19H14Cl2N4OS/c1-26-16-7-6-13(20)9-14(16)18-23-19(25-24-18)27-10-12-8-11-4-2-3-5-15(11)22-17(12)21/h2-9H,10H2,1H3,(H,23,24,25). The van der Waals surface area contributed by atoms with Crippen LogP contribution in [0.25, 0.3) is 22.3 Å². The Kier molecular flexibility index (Phi) is 5.20. The molecule has 0 radical (unpaired) electrons. The van der Waals surface area contributed by atoms with E-state index in [0.717, 1.165) is 22.0 Å². The zero-order chi connectivity index (χ0) is 18.8. The number of fused-ring (bicyclic) bond motifs is 1. The summed E-state index contributed by atoms with van der Waals surface area (Å²) in [7, 11) is 1.60. The van der Waals surface area contributed by atoms with E-state index in [1.54, 1.807) is 25.3 Å². The molecule has 0 aliphatic rings. The highest BCUT2D eigenvalue weighted by atomic mass is 35.5. The summed E-state index contributed by atoms with van der Waals surface area (Å²) < 4.78 is 5.37. The van der Waals surface area contributed by atoms with Gasteiger partial charge >= 0.3 is 0 Å².